The van der Waals surface area contributed by atoms with E-state index in [1.807, 2.05) is 5.92 Å². The monoisotopic (exact) mass is 212 g/mol. The Morgan fingerprint density at radius 2 is 1.93 bits per heavy atom. The molecule has 0 unspecified atom stereocenters. The minimum absolute atomic E-state index is 0.267. The molecule has 0 aliphatic heterocycles. The number of halogens is 2. The summed E-state index contributed by atoms with van der Waals surface area (Å²) in [6, 6.07) is 2.35. The fourth-order valence-electron chi connectivity index (χ4n) is 0.814. The van der Waals surface area contributed by atoms with Crippen LogP contribution in [0.5, 0.6) is 5.75 Å². The Hall–Kier alpha value is -2.09. The SMILES string of the molecule is C#CCOC(=O)Oc1cc(F)cc(F)c1. The van der Waals surface area contributed by atoms with Crippen LogP contribution in [-0.2, 0) is 4.74 Å². The van der Waals surface area contributed by atoms with Crippen LogP contribution in [0.2, 0.25) is 0 Å². The van der Waals surface area contributed by atoms with Crippen LogP contribution >= 0.6 is 0 Å². The third-order valence-corrected chi connectivity index (χ3v) is 1.31. The quantitative estimate of drug-likeness (QED) is 0.428. The van der Waals surface area contributed by atoms with Gasteiger partial charge in [0.1, 0.15) is 17.4 Å². The average molecular weight is 212 g/mol. The highest BCUT2D eigenvalue weighted by Gasteiger charge is 2.07. The molecule has 3 nitrogen and oxygen atoms in total. The van der Waals surface area contributed by atoms with E-state index in [0.29, 0.717) is 6.07 Å². The summed E-state index contributed by atoms with van der Waals surface area (Å²) in [6.45, 7) is -0.267. The first-order chi connectivity index (χ1) is 7.11. The van der Waals surface area contributed by atoms with Crippen LogP contribution in [0, 0.1) is 24.0 Å². The minimum atomic E-state index is -1.11. The third-order valence-electron chi connectivity index (χ3n) is 1.31. The zero-order valence-electron chi connectivity index (χ0n) is 7.50. The predicted octanol–water partition coefficient (Wildman–Crippen LogP) is 2.11. The predicted molar refractivity (Wildman–Crippen MR) is 47.2 cm³/mol. The smallest absolute Gasteiger partial charge is 0.421 e. The summed E-state index contributed by atoms with van der Waals surface area (Å²) in [6.07, 6.45) is 3.70. The highest BCUT2D eigenvalue weighted by Crippen LogP contribution is 2.15. The van der Waals surface area contributed by atoms with Gasteiger partial charge in [-0.15, -0.1) is 6.42 Å². The van der Waals surface area contributed by atoms with Gasteiger partial charge in [0.25, 0.3) is 0 Å². The van der Waals surface area contributed by atoms with Gasteiger partial charge in [-0.05, 0) is 0 Å². The van der Waals surface area contributed by atoms with Crippen molar-refractivity contribution in [2.75, 3.05) is 6.61 Å². The maximum absolute atomic E-state index is 12.6. The fourth-order valence-corrected chi connectivity index (χ4v) is 0.814. The molecule has 0 aromatic heterocycles. The number of ether oxygens (including phenoxy) is 2. The van der Waals surface area contributed by atoms with Crippen molar-refractivity contribution in [2.45, 2.75) is 0 Å². The van der Waals surface area contributed by atoms with Crippen LogP contribution in [0.1, 0.15) is 0 Å². The molecule has 5 heteroatoms. The summed E-state index contributed by atoms with van der Waals surface area (Å²) < 4.78 is 34.0. The summed E-state index contributed by atoms with van der Waals surface area (Å²) in [5.74, 6) is 0.0489. The zero-order valence-corrected chi connectivity index (χ0v) is 7.50. The van der Waals surface area contributed by atoms with E-state index in [2.05, 4.69) is 9.47 Å². The number of terminal acetylenes is 1. The molecular weight excluding hydrogens is 206 g/mol. The molecule has 15 heavy (non-hydrogen) atoms. The lowest BCUT2D eigenvalue weighted by atomic mass is 10.3. The van der Waals surface area contributed by atoms with Crippen LogP contribution in [0.4, 0.5) is 13.6 Å². The molecule has 0 aliphatic rings. The first kappa shape index (κ1) is 11.0. The molecule has 0 fully saturated rings. The van der Waals surface area contributed by atoms with Crippen molar-refractivity contribution in [1.82, 2.24) is 0 Å². The van der Waals surface area contributed by atoms with E-state index in [9.17, 15) is 13.6 Å². The molecule has 0 saturated carbocycles. The standard InChI is InChI=1S/C10H6F2O3/c1-2-3-14-10(13)15-9-5-7(11)4-8(12)6-9/h1,4-6H,3H2. The second-order valence-electron chi connectivity index (χ2n) is 2.45. The molecule has 1 aromatic carbocycles. The first-order valence-electron chi connectivity index (χ1n) is 3.86. The van der Waals surface area contributed by atoms with Gasteiger partial charge in [0.05, 0.1) is 0 Å². The van der Waals surface area contributed by atoms with Crippen molar-refractivity contribution in [3.63, 3.8) is 0 Å². The summed E-state index contributed by atoms with van der Waals surface area (Å²) in [4.78, 5) is 10.8. The van der Waals surface area contributed by atoms with E-state index < -0.39 is 17.8 Å². The van der Waals surface area contributed by atoms with Gasteiger partial charge in [-0.1, -0.05) is 5.92 Å². The summed E-state index contributed by atoms with van der Waals surface area (Å²) in [5.41, 5.74) is 0. The van der Waals surface area contributed by atoms with Crippen LogP contribution in [0.15, 0.2) is 18.2 Å². The summed E-state index contributed by atoms with van der Waals surface area (Å²) >= 11 is 0. The van der Waals surface area contributed by atoms with Gasteiger partial charge in [0, 0.05) is 18.2 Å². The average Bonchev–Trinajstić information content (AvgIpc) is 2.13. The van der Waals surface area contributed by atoms with Crippen molar-refractivity contribution in [3.05, 3.63) is 29.8 Å². The molecule has 0 atom stereocenters. The lowest BCUT2D eigenvalue weighted by Crippen LogP contribution is -2.10. The lowest BCUT2D eigenvalue weighted by molar-refractivity contribution is 0.111. The molecule has 1 aromatic rings. The molecule has 0 spiro atoms. The Kier molecular flexibility index (Phi) is 3.63. The molecular formula is C10H6F2O3. The van der Waals surface area contributed by atoms with Gasteiger partial charge < -0.3 is 9.47 Å². The van der Waals surface area contributed by atoms with Gasteiger partial charge in [0.2, 0.25) is 0 Å². The summed E-state index contributed by atoms with van der Waals surface area (Å²) in [5, 5.41) is 0. The Morgan fingerprint density at radius 1 is 1.33 bits per heavy atom. The van der Waals surface area contributed by atoms with E-state index in [0.717, 1.165) is 12.1 Å². The van der Waals surface area contributed by atoms with Crippen molar-refractivity contribution >= 4 is 6.16 Å². The van der Waals surface area contributed by atoms with Gasteiger partial charge in [-0.3, -0.25) is 0 Å². The second kappa shape index (κ2) is 4.96. The van der Waals surface area contributed by atoms with Gasteiger partial charge >= 0.3 is 6.16 Å². The highest BCUT2D eigenvalue weighted by molar-refractivity contribution is 5.63. The van der Waals surface area contributed by atoms with E-state index >= 15 is 0 Å². The molecule has 1 rings (SSSR count). The molecule has 0 N–H and O–H groups in total. The van der Waals surface area contributed by atoms with E-state index in [1.54, 1.807) is 0 Å². The molecule has 0 aliphatic carbocycles. The molecule has 0 heterocycles. The number of benzene rings is 1. The Bertz CT molecular complexity index is 389. The molecule has 0 saturated heterocycles. The normalized spacial score (nSPS) is 9.13. The number of carbonyl (C=O) groups is 1. The largest absolute Gasteiger partial charge is 0.514 e. The van der Waals surface area contributed by atoms with E-state index in [4.69, 9.17) is 6.42 Å². The third kappa shape index (κ3) is 3.65. The Morgan fingerprint density at radius 3 is 2.47 bits per heavy atom. The van der Waals surface area contributed by atoms with Gasteiger partial charge in [-0.2, -0.15) is 0 Å². The highest BCUT2D eigenvalue weighted by atomic mass is 19.1. The topological polar surface area (TPSA) is 35.5 Å². The van der Waals surface area contributed by atoms with Crippen molar-refractivity contribution in [1.29, 1.82) is 0 Å². The van der Waals surface area contributed by atoms with Crippen molar-refractivity contribution < 1.29 is 23.0 Å². The van der Waals surface area contributed by atoms with Crippen LogP contribution in [-0.4, -0.2) is 12.8 Å². The number of carbonyl (C=O) groups excluding carboxylic acids is 1. The van der Waals surface area contributed by atoms with Crippen LogP contribution in [0.25, 0.3) is 0 Å². The molecule has 0 bridgehead atoms. The fraction of sp³-hybridized carbons (Fsp3) is 0.100. The first-order valence-corrected chi connectivity index (χ1v) is 3.86. The Labute approximate surface area is 84.6 Å². The van der Waals surface area contributed by atoms with Crippen LogP contribution in [0.3, 0.4) is 0 Å². The molecule has 78 valence electrons. The lowest BCUT2D eigenvalue weighted by Gasteiger charge is -2.03. The number of hydrogen-bond donors (Lipinski definition) is 0. The zero-order chi connectivity index (χ0) is 11.3. The maximum Gasteiger partial charge on any atom is 0.514 e. The minimum Gasteiger partial charge on any atom is -0.421 e. The van der Waals surface area contributed by atoms with Crippen molar-refractivity contribution in [2.24, 2.45) is 0 Å². The van der Waals surface area contributed by atoms with Gasteiger partial charge in [-0.25, -0.2) is 13.6 Å². The van der Waals surface area contributed by atoms with E-state index in [-0.39, 0.29) is 12.4 Å². The molecule has 0 amide bonds. The van der Waals surface area contributed by atoms with Crippen molar-refractivity contribution in [3.8, 4) is 18.1 Å². The number of hydrogen-bond acceptors (Lipinski definition) is 3. The second-order valence-corrected chi connectivity index (χ2v) is 2.45. The van der Waals surface area contributed by atoms with E-state index in [1.165, 1.54) is 0 Å². The Balaban J connectivity index is 2.65. The van der Waals surface area contributed by atoms with Gasteiger partial charge in [0.15, 0.2) is 6.61 Å². The van der Waals surface area contributed by atoms with Crippen LogP contribution < -0.4 is 4.74 Å². The maximum atomic E-state index is 12.6. The summed E-state index contributed by atoms with van der Waals surface area (Å²) in [7, 11) is 0. The number of rotatable bonds is 2. The molecule has 0 radical (unpaired) electrons.